The van der Waals surface area contributed by atoms with Gasteiger partial charge >= 0.3 is 0 Å². The topological polar surface area (TPSA) is 55.4 Å². The van der Waals surface area contributed by atoms with Crippen LogP contribution in [0.2, 0.25) is 0 Å². The van der Waals surface area contributed by atoms with Crippen LogP contribution in [0.1, 0.15) is 30.9 Å². The molecule has 1 N–H and O–H groups in total. The summed E-state index contributed by atoms with van der Waals surface area (Å²) < 4.78 is 32.5. The number of benzene rings is 2. The lowest BCUT2D eigenvalue weighted by Gasteiger charge is -2.11. The van der Waals surface area contributed by atoms with E-state index in [9.17, 15) is 8.42 Å². The van der Waals surface area contributed by atoms with Gasteiger partial charge in [0.1, 0.15) is 0 Å². The summed E-state index contributed by atoms with van der Waals surface area (Å²) in [6.45, 7) is 4.61. The maximum Gasteiger partial charge on any atom is 0.261 e. The van der Waals surface area contributed by atoms with Crippen molar-refractivity contribution in [3.63, 3.8) is 0 Å². The highest BCUT2D eigenvalue weighted by molar-refractivity contribution is 7.92. The van der Waals surface area contributed by atoms with Crippen molar-refractivity contribution in [2.75, 3.05) is 11.8 Å². The third kappa shape index (κ3) is 4.08. The van der Waals surface area contributed by atoms with Gasteiger partial charge in [0.15, 0.2) is 0 Å². The highest BCUT2D eigenvalue weighted by Gasteiger charge is 2.14. The van der Waals surface area contributed by atoms with E-state index in [2.05, 4.69) is 18.6 Å². The maximum atomic E-state index is 12.4. The first-order valence-electron chi connectivity index (χ1n) is 7.13. The number of sulfonamides is 1. The smallest absolute Gasteiger partial charge is 0.261 e. The molecule has 5 heteroatoms. The first kappa shape index (κ1) is 16.5. The third-order valence-electron chi connectivity index (χ3n) is 3.35. The highest BCUT2D eigenvalue weighted by atomic mass is 32.2. The van der Waals surface area contributed by atoms with Gasteiger partial charge in [0, 0.05) is 12.8 Å². The molecule has 0 aromatic heterocycles. The molecule has 4 nitrogen and oxygen atoms in total. The molecule has 0 amide bonds. The Morgan fingerprint density at radius 2 is 1.77 bits per heavy atom. The second-order valence-electron chi connectivity index (χ2n) is 5.46. The van der Waals surface area contributed by atoms with E-state index in [4.69, 9.17) is 4.74 Å². The standard InChI is InChI=1S/C17H21NO3S/c1-13(2)15-5-4-6-16(11-15)18-22(19,20)17-9-7-14(8-10-17)12-21-3/h4-11,13,18H,12H2,1-3H3. The molecule has 118 valence electrons. The van der Waals surface area contributed by atoms with E-state index in [1.165, 1.54) is 0 Å². The van der Waals surface area contributed by atoms with Gasteiger partial charge in [-0.3, -0.25) is 4.72 Å². The Morgan fingerprint density at radius 3 is 2.36 bits per heavy atom. The average molecular weight is 319 g/mol. The number of ether oxygens (including phenoxy) is 1. The number of nitrogens with one attached hydrogen (secondary N) is 1. The Labute approximate surface area is 132 Å². The Hall–Kier alpha value is -1.85. The average Bonchev–Trinajstić information content (AvgIpc) is 2.48. The van der Waals surface area contributed by atoms with Crippen molar-refractivity contribution in [1.82, 2.24) is 0 Å². The van der Waals surface area contributed by atoms with Gasteiger partial charge in [-0.05, 0) is 41.3 Å². The summed E-state index contributed by atoms with van der Waals surface area (Å²) in [6.07, 6.45) is 0. The van der Waals surface area contributed by atoms with E-state index in [0.717, 1.165) is 11.1 Å². The molecule has 0 fully saturated rings. The molecule has 0 unspecified atom stereocenters. The van der Waals surface area contributed by atoms with E-state index in [1.54, 1.807) is 37.4 Å². The van der Waals surface area contributed by atoms with Crippen molar-refractivity contribution in [3.8, 4) is 0 Å². The molecule has 2 rings (SSSR count). The summed E-state index contributed by atoms with van der Waals surface area (Å²) in [7, 11) is -1.97. The summed E-state index contributed by atoms with van der Waals surface area (Å²) in [6, 6.07) is 14.1. The summed E-state index contributed by atoms with van der Waals surface area (Å²) in [4.78, 5) is 0.238. The molecular formula is C17H21NO3S. The monoisotopic (exact) mass is 319 g/mol. The normalized spacial score (nSPS) is 11.6. The zero-order valence-electron chi connectivity index (χ0n) is 13.0. The largest absolute Gasteiger partial charge is 0.380 e. The molecule has 0 radical (unpaired) electrons. The fourth-order valence-electron chi connectivity index (χ4n) is 2.11. The van der Waals surface area contributed by atoms with Gasteiger partial charge in [-0.2, -0.15) is 0 Å². The minimum absolute atomic E-state index is 0.238. The van der Waals surface area contributed by atoms with Crippen LogP contribution >= 0.6 is 0 Å². The molecule has 0 bridgehead atoms. The van der Waals surface area contributed by atoms with Gasteiger partial charge < -0.3 is 4.74 Å². The third-order valence-corrected chi connectivity index (χ3v) is 4.75. The van der Waals surface area contributed by atoms with Gasteiger partial charge in [-0.25, -0.2) is 8.42 Å². The molecular weight excluding hydrogens is 298 g/mol. The fraction of sp³-hybridized carbons (Fsp3) is 0.294. The molecule has 0 atom stereocenters. The summed E-state index contributed by atoms with van der Waals surface area (Å²) >= 11 is 0. The molecule has 2 aromatic carbocycles. The Kier molecular flexibility index (Phi) is 5.21. The zero-order chi connectivity index (χ0) is 16.2. The maximum absolute atomic E-state index is 12.4. The predicted octanol–water partition coefficient (Wildman–Crippen LogP) is 3.76. The van der Waals surface area contributed by atoms with Crippen molar-refractivity contribution >= 4 is 15.7 Å². The molecule has 0 spiro atoms. The SMILES string of the molecule is COCc1ccc(S(=O)(=O)Nc2cccc(C(C)C)c2)cc1. The van der Waals surface area contributed by atoms with E-state index in [1.807, 2.05) is 18.2 Å². The van der Waals surface area contributed by atoms with Gasteiger partial charge in [-0.1, -0.05) is 38.1 Å². The van der Waals surface area contributed by atoms with E-state index < -0.39 is 10.0 Å². The Morgan fingerprint density at radius 1 is 1.09 bits per heavy atom. The Bertz CT molecular complexity index is 722. The van der Waals surface area contributed by atoms with Crippen LogP contribution in [0.5, 0.6) is 0 Å². The van der Waals surface area contributed by atoms with Crippen molar-refractivity contribution in [2.45, 2.75) is 31.3 Å². The zero-order valence-corrected chi connectivity index (χ0v) is 13.9. The van der Waals surface area contributed by atoms with Crippen LogP contribution in [0.4, 0.5) is 5.69 Å². The fourth-order valence-corrected chi connectivity index (χ4v) is 3.16. The molecule has 0 saturated heterocycles. The van der Waals surface area contributed by atoms with Crippen molar-refractivity contribution in [3.05, 3.63) is 59.7 Å². The van der Waals surface area contributed by atoms with Crippen molar-refractivity contribution in [2.24, 2.45) is 0 Å². The van der Waals surface area contributed by atoms with Crippen LogP contribution in [0, 0.1) is 0 Å². The number of hydrogen-bond acceptors (Lipinski definition) is 3. The second kappa shape index (κ2) is 6.94. The van der Waals surface area contributed by atoms with Gasteiger partial charge in [0.05, 0.1) is 11.5 Å². The van der Waals surface area contributed by atoms with Crippen LogP contribution in [-0.4, -0.2) is 15.5 Å². The lowest BCUT2D eigenvalue weighted by molar-refractivity contribution is 0.185. The van der Waals surface area contributed by atoms with Gasteiger partial charge in [0.2, 0.25) is 0 Å². The van der Waals surface area contributed by atoms with Gasteiger partial charge in [0.25, 0.3) is 10.0 Å². The number of rotatable bonds is 6. The molecule has 0 aliphatic heterocycles. The molecule has 0 aliphatic carbocycles. The second-order valence-corrected chi connectivity index (χ2v) is 7.15. The van der Waals surface area contributed by atoms with E-state index in [0.29, 0.717) is 18.2 Å². The van der Waals surface area contributed by atoms with Crippen LogP contribution in [-0.2, 0) is 21.4 Å². The van der Waals surface area contributed by atoms with Crippen LogP contribution in [0.3, 0.4) is 0 Å². The van der Waals surface area contributed by atoms with E-state index >= 15 is 0 Å². The molecule has 0 aliphatic rings. The van der Waals surface area contributed by atoms with E-state index in [-0.39, 0.29) is 4.90 Å². The number of hydrogen-bond donors (Lipinski definition) is 1. The summed E-state index contributed by atoms with van der Waals surface area (Å²) in [5.74, 6) is 0.345. The first-order valence-corrected chi connectivity index (χ1v) is 8.61. The summed E-state index contributed by atoms with van der Waals surface area (Å²) in [5, 5.41) is 0. The van der Waals surface area contributed by atoms with Crippen LogP contribution in [0.25, 0.3) is 0 Å². The predicted molar refractivity (Wildman–Crippen MR) is 88.5 cm³/mol. The molecule has 0 saturated carbocycles. The minimum atomic E-state index is -3.58. The Balaban J connectivity index is 2.22. The first-order chi connectivity index (χ1) is 10.4. The lowest BCUT2D eigenvalue weighted by Crippen LogP contribution is -2.13. The number of anilines is 1. The van der Waals surface area contributed by atoms with Crippen LogP contribution < -0.4 is 4.72 Å². The van der Waals surface area contributed by atoms with Crippen molar-refractivity contribution < 1.29 is 13.2 Å². The molecule has 22 heavy (non-hydrogen) atoms. The van der Waals surface area contributed by atoms with Crippen molar-refractivity contribution in [1.29, 1.82) is 0 Å². The van der Waals surface area contributed by atoms with Crippen LogP contribution in [0.15, 0.2) is 53.4 Å². The molecule has 0 heterocycles. The lowest BCUT2D eigenvalue weighted by atomic mass is 10.0. The molecule has 2 aromatic rings. The quantitative estimate of drug-likeness (QED) is 0.882. The summed E-state index contributed by atoms with van der Waals surface area (Å²) in [5.41, 5.74) is 2.60. The highest BCUT2D eigenvalue weighted by Crippen LogP contribution is 2.21. The van der Waals surface area contributed by atoms with Gasteiger partial charge in [-0.15, -0.1) is 0 Å². The minimum Gasteiger partial charge on any atom is -0.380 e. The number of methoxy groups -OCH3 is 1.